The number of rotatable bonds is 2. The third-order valence-electron chi connectivity index (χ3n) is 2.74. The van der Waals surface area contributed by atoms with E-state index in [1.165, 1.54) is 4.68 Å². The zero-order valence-corrected chi connectivity index (χ0v) is 9.40. The molecule has 0 fully saturated rings. The van der Waals surface area contributed by atoms with Crippen LogP contribution in [-0.4, -0.2) is 19.7 Å². The van der Waals surface area contributed by atoms with Crippen molar-refractivity contribution in [3.8, 4) is 5.95 Å². The Kier molecular flexibility index (Phi) is 2.11. The number of nitrogens with one attached hydrogen (secondary N) is 2. The van der Waals surface area contributed by atoms with E-state index in [1.807, 2.05) is 31.2 Å². The summed E-state index contributed by atoms with van der Waals surface area (Å²) in [6.07, 6.45) is 0.794. The highest BCUT2D eigenvalue weighted by Gasteiger charge is 2.08. The molecule has 0 unspecified atom stereocenters. The summed E-state index contributed by atoms with van der Waals surface area (Å²) >= 11 is 0. The molecule has 0 aliphatic carbocycles. The molecule has 0 saturated carbocycles. The molecule has 1 aromatic carbocycles. The quantitative estimate of drug-likeness (QED) is 0.699. The summed E-state index contributed by atoms with van der Waals surface area (Å²) in [5, 5.41) is 3.02. The Morgan fingerprint density at radius 2 is 2.18 bits per heavy atom. The zero-order valence-electron chi connectivity index (χ0n) is 9.40. The fourth-order valence-electron chi connectivity index (χ4n) is 1.83. The molecule has 3 aromatic rings. The minimum atomic E-state index is -0.0964. The molecule has 0 spiro atoms. The highest BCUT2D eigenvalue weighted by Crippen LogP contribution is 2.11. The summed E-state index contributed by atoms with van der Waals surface area (Å²) in [6, 6.07) is 9.28. The van der Waals surface area contributed by atoms with Gasteiger partial charge >= 0.3 is 0 Å². The first kappa shape index (κ1) is 9.89. The molecule has 0 radical (unpaired) electrons. The lowest BCUT2D eigenvalue weighted by atomic mass is 10.3. The number of benzene rings is 1. The van der Waals surface area contributed by atoms with Crippen molar-refractivity contribution in [3.05, 3.63) is 46.4 Å². The Hall–Kier alpha value is -2.30. The monoisotopic (exact) mass is 228 g/mol. The van der Waals surface area contributed by atoms with Gasteiger partial charge in [-0.05, 0) is 18.6 Å². The van der Waals surface area contributed by atoms with Crippen LogP contribution in [0.25, 0.3) is 17.0 Å². The molecule has 17 heavy (non-hydrogen) atoms. The molecule has 0 aliphatic heterocycles. The van der Waals surface area contributed by atoms with Crippen molar-refractivity contribution in [1.82, 2.24) is 19.7 Å². The SMILES string of the molecule is CCc1cc(=O)n(-c2nc3ccccc3[nH]2)[nH]1. The van der Waals surface area contributed by atoms with Crippen molar-refractivity contribution in [3.63, 3.8) is 0 Å². The van der Waals surface area contributed by atoms with E-state index in [1.54, 1.807) is 6.07 Å². The van der Waals surface area contributed by atoms with Crippen molar-refractivity contribution >= 4 is 11.0 Å². The van der Waals surface area contributed by atoms with Gasteiger partial charge in [-0.25, -0.2) is 4.98 Å². The number of nitrogens with zero attached hydrogens (tertiary/aromatic N) is 2. The smallest absolute Gasteiger partial charge is 0.274 e. The van der Waals surface area contributed by atoms with Crippen LogP contribution in [-0.2, 0) is 6.42 Å². The van der Waals surface area contributed by atoms with E-state index in [4.69, 9.17) is 0 Å². The average molecular weight is 228 g/mol. The number of aryl methyl sites for hydroxylation is 1. The number of H-pyrrole nitrogens is 2. The van der Waals surface area contributed by atoms with Gasteiger partial charge in [-0.3, -0.25) is 9.89 Å². The third-order valence-corrected chi connectivity index (χ3v) is 2.74. The molecular weight excluding hydrogens is 216 g/mol. The second-order valence-electron chi connectivity index (χ2n) is 3.89. The molecule has 2 heterocycles. The Bertz CT molecular complexity index is 686. The molecule has 0 atom stereocenters. The van der Waals surface area contributed by atoms with Gasteiger partial charge in [0.15, 0.2) is 0 Å². The topological polar surface area (TPSA) is 66.5 Å². The van der Waals surface area contributed by atoms with Gasteiger partial charge in [-0.1, -0.05) is 19.1 Å². The molecule has 5 heteroatoms. The molecule has 86 valence electrons. The van der Waals surface area contributed by atoms with Crippen LogP contribution >= 0.6 is 0 Å². The second-order valence-corrected chi connectivity index (χ2v) is 3.89. The van der Waals surface area contributed by atoms with E-state index < -0.39 is 0 Å². The fraction of sp³-hybridized carbons (Fsp3) is 0.167. The maximum atomic E-state index is 11.7. The highest BCUT2D eigenvalue weighted by atomic mass is 16.1. The van der Waals surface area contributed by atoms with E-state index in [9.17, 15) is 4.79 Å². The molecule has 3 rings (SSSR count). The molecule has 2 N–H and O–H groups in total. The third kappa shape index (κ3) is 1.56. The van der Waals surface area contributed by atoms with Crippen LogP contribution < -0.4 is 5.56 Å². The number of fused-ring (bicyclic) bond motifs is 1. The first-order valence-corrected chi connectivity index (χ1v) is 5.54. The molecule has 0 saturated heterocycles. The standard InChI is InChI=1S/C12H12N4O/c1-2-8-7-11(17)16(15-8)12-13-9-5-3-4-6-10(9)14-12/h3-7,15H,2H2,1H3,(H,13,14). The first-order valence-electron chi connectivity index (χ1n) is 5.54. The van der Waals surface area contributed by atoms with Crippen LogP contribution in [0, 0.1) is 0 Å². The number of hydrogen-bond acceptors (Lipinski definition) is 2. The van der Waals surface area contributed by atoms with Gasteiger partial charge in [0.1, 0.15) is 0 Å². The van der Waals surface area contributed by atoms with Gasteiger partial charge < -0.3 is 4.98 Å². The molecule has 0 amide bonds. The van der Waals surface area contributed by atoms with Gasteiger partial charge in [-0.15, -0.1) is 0 Å². The van der Waals surface area contributed by atoms with Crippen molar-refractivity contribution in [2.45, 2.75) is 13.3 Å². The number of para-hydroxylation sites is 2. The molecule has 5 nitrogen and oxygen atoms in total. The van der Waals surface area contributed by atoms with Crippen LogP contribution in [0.1, 0.15) is 12.6 Å². The predicted octanol–water partition coefficient (Wildman–Crippen LogP) is 1.60. The van der Waals surface area contributed by atoms with Crippen molar-refractivity contribution in [2.24, 2.45) is 0 Å². The zero-order chi connectivity index (χ0) is 11.8. The minimum Gasteiger partial charge on any atom is -0.322 e. The molecule has 2 aromatic heterocycles. The average Bonchev–Trinajstić information content (AvgIpc) is 2.91. The van der Waals surface area contributed by atoms with E-state index in [0.29, 0.717) is 5.95 Å². The van der Waals surface area contributed by atoms with Crippen molar-refractivity contribution in [1.29, 1.82) is 0 Å². The summed E-state index contributed by atoms with van der Waals surface area (Å²) in [6.45, 7) is 1.99. The first-order chi connectivity index (χ1) is 8.28. The van der Waals surface area contributed by atoms with E-state index in [0.717, 1.165) is 23.1 Å². The lowest BCUT2D eigenvalue weighted by molar-refractivity contribution is 0.780. The molecule has 0 bridgehead atoms. The summed E-state index contributed by atoms with van der Waals surface area (Å²) in [5.74, 6) is 0.524. The van der Waals surface area contributed by atoms with E-state index in [2.05, 4.69) is 15.1 Å². The summed E-state index contributed by atoms with van der Waals surface area (Å²) in [7, 11) is 0. The van der Waals surface area contributed by atoms with Crippen molar-refractivity contribution in [2.75, 3.05) is 0 Å². The largest absolute Gasteiger partial charge is 0.322 e. The normalized spacial score (nSPS) is 11.1. The maximum absolute atomic E-state index is 11.7. The van der Waals surface area contributed by atoms with Crippen LogP contribution in [0.15, 0.2) is 35.1 Å². The highest BCUT2D eigenvalue weighted by molar-refractivity contribution is 5.75. The van der Waals surface area contributed by atoms with Gasteiger partial charge in [0.2, 0.25) is 5.95 Å². The Balaban J connectivity index is 2.20. The van der Waals surface area contributed by atoms with E-state index >= 15 is 0 Å². The second kappa shape index (κ2) is 3.62. The van der Waals surface area contributed by atoms with Crippen LogP contribution in [0.2, 0.25) is 0 Å². The van der Waals surface area contributed by atoms with Gasteiger partial charge in [0, 0.05) is 11.8 Å². The predicted molar refractivity (Wildman–Crippen MR) is 65.4 cm³/mol. The Morgan fingerprint density at radius 1 is 1.35 bits per heavy atom. The lowest BCUT2D eigenvalue weighted by Crippen LogP contribution is -2.14. The maximum Gasteiger partial charge on any atom is 0.274 e. The minimum absolute atomic E-state index is 0.0964. The fourth-order valence-corrected chi connectivity index (χ4v) is 1.83. The molecule has 0 aliphatic rings. The molecular formula is C12H12N4O. The summed E-state index contributed by atoms with van der Waals surface area (Å²) in [5.41, 5.74) is 2.57. The van der Waals surface area contributed by atoms with Crippen molar-refractivity contribution < 1.29 is 0 Å². The number of aromatic amines is 2. The van der Waals surface area contributed by atoms with Gasteiger partial charge in [0.05, 0.1) is 11.0 Å². The van der Waals surface area contributed by atoms with Gasteiger partial charge in [-0.2, -0.15) is 4.68 Å². The van der Waals surface area contributed by atoms with Gasteiger partial charge in [0.25, 0.3) is 5.56 Å². The lowest BCUT2D eigenvalue weighted by Gasteiger charge is -1.94. The number of aromatic nitrogens is 4. The number of imidazole rings is 1. The Labute approximate surface area is 97.1 Å². The van der Waals surface area contributed by atoms with Crippen LogP contribution in [0.4, 0.5) is 0 Å². The number of hydrogen-bond donors (Lipinski definition) is 2. The summed E-state index contributed by atoms with van der Waals surface area (Å²) in [4.78, 5) is 19.2. The van der Waals surface area contributed by atoms with E-state index in [-0.39, 0.29) is 5.56 Å². The Morgan fingerprint density at radius 3 is 2.88 bits per heavy atom. The van der Waals surface area contributed by atoms with Crippen LogP contribution in [0.3, 0.4) is 0 Å². The van der Waals surface area contributed by atoms with Crippen LogP contribution in [0.5, 0.6) is 0 Å². The summed E-state index contributed by atoms with van der Waals surface area (Å²) < 4.78 is 1.43.